The lowest BCUT2D eigenvalue weighted by Gasteiger charge is -2.23. The molecule has 1 fully saturated rings. The lowest BCUT2D eigenvalue weighted by Crippen LogP contribution is -2.38. The lowest BCUT2D eigenvalue weighted by molar-refractivity contribution is -0.127. The van der Waals surface area contributed by atoms with Crippen LogP contribution in [0.3, 0.4) is 0 Å². The molecule has 0 saturated carbocycles. The number of ether oxygens (including phenoxy) is 1. The molecule has 1 aromatic carbocycles. The summed E-state index contributed by atoms with van der Waals surface area (Å²) < 4.78 is 5.26. The van der Waals surface area contributed by atoms with Crippen LogP contribution in [0.1, 0.15) is 12.8 Å². The molecule has 2 rings (SSSR count). The van der Waals surface area contributed by atoms with Gasteiger partial charge in [-0.3, -0.25) is 4.79 Å². The number of hydrogen-bond acceptors (Lipinski definition) is 3. The van der Waals surface area contributed by atoms with Crippen LogP contribution in [0.2, 0.25) is 0 Å². The number of rotatable bonds is 5. The fourth-order valence-corrected chi connectivity index (χ4v) is 2.26. The van der Waals surface area contributed by atoms with Gasteiger partial charge in [-0.2, -0.15) is 0 Å². The number of hydrogen-bond donors (Lipinski definition) is 1. The quantitative estimate of drug-likeness (QED) is 0.877. The fourth-order valence-electron chi connectivity index (χ4n) is 2.26. The molecule has 4 heteroatoms. The van der Waals surface area contributed by atoms with E-state index in [1.807, 2.05) is 25.2 Å². The van der Waals surface area contributed by atoms with Crippen LogP contribution in [0.4, 0.5) is 5.69 Å². The molecular formula is C15H22N2O2. The first kappa shape index (κ1) is 13.9. The van der Waals surface area contributed by atoms with E-state index < -0.39 is 0 Å². The molecule has 1 aliphatic heterocycles. The molecule has 19 heavy (non-hydrogen) atoms. The highest BCUT2D eigenvalue weighted by molar-refractivity contribution is 5.78. The van der Waals surface area contributed by atoms with E-state index in [-0.39, 0.29) is 11.8 Å². The third-order valence-electron chi connectivity index (χ3n) is 3.54. The van der Waals surface area contributed by atoms with Crippen molar-refractivity contribution in [2.45, 2.75) is 12.8 Å². The van der Waals surface area contributed by atoms with Crippen LogP contribution in [0.15, 0.2) is 30.3 Å². The Morgan fingerprint density at radius 3 is 2.68 bits per heavy atom. The summed E-state index contributed by atoms with van der Waals surface area (Å²) in [5.74, 6) is 0.306. The van der Waals surface area contributed by atoms with E-state index in [1.54, 1.807) is 0 Å². The molecule has 0 aromatic heterocycles. The molecule has 0 spiro atoms. The summed E-state index contributed by atoms with van der Waals surface area (Å²) in [4.78, 5) is 14.1. The molecule has 104 valence electrons. The van der Waals surface area contributed by atoms with Crippen molar-refractivity contribution in [2.75, 3.05) is 38.3 Å². The highest BCUT2D eigenvalue weighted by Crippen LogP contribution is 2.14. The number of nitrogens with one attached hydrogen (secondary N) is 1. The van der Waals surface area contributed by atoms with E-state index >= 15 is 0 Å². The number of benzene rings is 1. The number of likely N-dealkylation sites (N-methyl/N-ethyl adjacent to an activating group) is 1. The first-order chi connectivity index (χ1) is 9.27. The Kier molecular flexibility index (Phi) is 5.21. The topological polar surface area (TPSA) is 41.6 Å². The predicted octanol–water partition coefficient (Wildman–Crippen LogP) is 1.67. The van der Waals surface area contributed by atoms with Crippen molar-refractivity contribution in [3.05, 3.63) is 30.3 Å². The largest absolute Gasteiger partial charge is 0.381 e. The second kappa shape index (κ2) is 7.14. The highest BCUT2D eigenvalue weighted by Gasteiger charge is 2.20. The molecule has 1 aliphatic rings. The Hall–Kier alpha value is -1.55. The maximum atomic E-state index is 11.9. The number of amides is 1. The van der Waals surface area contributed by atoms with Gasteiger partial charge in [-0.25, -0.2) is 0 Å². The summed E-state index contributed by atoms with van der Waals surface area (Å²) >= 11 is 0. The second-order valence-electron chi connectivity index (χ2n) is 4.93. The standard InChI is InChI=1S/C15H22N2O2/c1-17(14-5-3-2-4-6-14)10-9-16-15(18)13-7-11-19-12-8-13/h2-6,13H,7-12H2,1H3,(H,16,18). The van der Waals surface area contributed by atoms with Crippen LogP contribution < -0.4 is 10.2 Å². The van der Waals surface area contributed by atoms with Crippen LogP contribution >= 0.6 is 0 Å². The van der Waals surface area contributed by atoms with Crippen LogP contribution in [0.25, 0.3) is 0 Å². The fraction of sp³-hybridized carbons (Fsp3) is 0.533. The molecule has 4 nitrogen and oxygen atoms in total. The molecule has 1 heterocycles. The third-order valence-corrected chi connectivity index (χ3v) is 3.54. The molecule has 0 bridgehead atoms. The van der Waals surface area contributed by atoms with Gasteiger partial charge < -0.3 is 15.0 Å². The number of anilines is 1. The summed E-state index contributed by atoms with van der Waals surface area (Å²) in [6, 6.07) is 10.2. The smallest absolute Gasteiger partial charge is 0.223 e. The summed E-state index contributed by atoms with van der Waals surface area (Å²) in [7, 11) is 2.04. The van der Waals surface area contributed by atoms with Crippen molar-refractivity contribution in [3.8, 4) is 0 Å². The number of nitrogens with zero attached hydrogens (tertiary/aromatic N) is 1. The van der Waals surface area contributed by atoms with Gasteiger partial charge in [0.15, 0.2) is 0 Å². The van der Waals surface area contributed by atoms with Crippen molar-refractivity contribution >= 4 is 11.6 Å². The monoisotopic (exact) mass is 262 g/mol. The normalized spacial score (nSPS) is 16.1. The Balaban J connectivity index is 1.69. The molecular weight excluding hydrogens is 240 g/mol. The van der Waals surface area contributed by atoms with Crippen LogP contribution in [-0.2, 0) is 9.53 Å². The molecule has 1 N–H and O–H groups in total. The minimum Gasteiger partial charge on any atom is -0.381 e. The van der Waals surface area contributed by atoms with Crippen molar-refractivity contribution < 1.29 is 9.53 Å². The van der Waals surface area contributed by atoms with Crippen molar-refractivity contribution in [2.24, 2.45) is 5.92 Å². The van der Waals surface area contributed by atoms with E-state index in [0.717, 1.165) is 19.4 Å². The minimum absolute atomic E-state index is 0.135. The van der Waals surface area contributed by atoms with Gasteiger partial charge in [0.05, 0.1) is 0 Å². The average Bonchev–Trinajstić information content (AvgIpc) is 2.49. The van der Waals surface area contributed by atoms with Crippen molar-refractivity contribution in [3.63, 3.8) is 0 Å². The molecule has 0 atom stereocenters. The van der Waals surface area contributed by atoms with Crippen LogP contribution in [0, 0.1) is 5.92 Å². The Labute approximate surface area is 114 Å². The van der Waals surface area contributed by atoms with Crippen molar-refractivity contribution in [1.82, 2.24) is 5.32 Å². The maximum absolute atomic E-state index is 11.9. The van der Waals surface area contributed by atoms with E-state index in [2.05, 4.69) is 22.3 Å². The summed E-state index contributed by atoms with van der Waals surface area (Å²) in [5, 5.41) is 3.02. The number of para-hydroxylation sites is 1. The van der Waals surface area contributed by atoms with Gasteiger partial charge in [0.1, 0.15) is 0 Å². The first-order valence-electron chi connectivity index (χ1n) is 6.89. The van der Waals surface area contributed by atoms with E-state index in [9.17, 15) is 4.79 Å². The zero-order chi connectivity index (χ0) is 13.5. The van der Waals surface area contributed by atoms with Gasteiger partial charge in [0.2, 0.25) is 5.91 Å². The SMILES string of the molecule is CN(CCNC(=O)C1CCOCC1)c1ccccc1. The summed E-state index contributed by atoms with van der Waals surface area (Å²) in [5.41, 5.74) is 1.17. The second-order valence-corrected chi connectivity index (χ2v) is 4.93. The zero-order valence-electron chi connectivity index (χ0n) is 11.5. The molecule has 1 amide bonds. The molecule has 0 radical (unpaired) electrons. The maximum Gasteiger partial charge on any atom is 0.223 e. The van der Waals surface area contributed by atoms with Gasteiger partial charge in [0.25, 0.3) is 0 Å². The van der Waals surface area contributed by atoms with Gasteiger partial charge in [-0.1, -0.05) is 18.2 Å². The minimum atomic E-state index is 0.135. The Morgan fingerprint density at radius 2 is 2.00 bits per heavy atom. The first-order valence-corrected chi connectivity index (χ1v) is 6.89. The Bertz CT molecular complexity index is 388. The lowest BCUT2D eigenvalue weighted by atomic mass is 9.99. The highest BCUT2D eigenvalue weighted by atomic mass is 16.5. The van der Waals surface area contributed by atoms with Gasteiger partial charge >= 0.3 is 0 Å². The summed E-state index contributed by atoms with van der Waals surface area (Å²) in [6.07, 6.45) is 1.70. The van der Waals surface area contributed by atoms with Crippen LogP contribution in [0.5, 0.6) is 0 Å². The molecule has 0 unspecified atom stereocenters. The number of carbonyl (C=O) groups is 1. The molecule has 0 aliphatic carbocycles. The van der Waals surface area contributed by atoms with Gasteiger partial charge in [-0.15, -0.1) is 0 Å². The van der Waals surface area contributed by atoms with Gasteiger partial charge in [0, 0.05) is 45.0 Å². The van der Waals surface area contributed by atoms with Crippen LogP contribution in [-0.4, -0.2) is 39.3 Å². The third kappa shape index (κ3) is 4.24. The van der Waals surface area contributed by atoms with E-state index in [1.165, 1.54) is 5.69 Å². The molecule has 1 saturated heterocycles. The van der Waals surface area contributed by atoms with Gasteiger partial charge in [-0.05, 0) is 25.0 Å². The predicted molar refractivity (Wildman–Crippen MR) is 76.3 cm³/mol. The average molecular weight is 262 g/mol. The van der Waals surface area contributed by atoms with E-state index in [4.69, 9.17) is 4.74 Å². The Morgan fingerprint density at radius 1 is 1.32 bits per heavy atom. The summed E-state index contributed by atoms with van der Waals surface area (Å²) in [6.45, 7) is 2.92. The zero-order valence-corrected chi connectivity index (χ0v) is 11.5. The molecule has 1 aromatic rings. The number of carbonyl (C=O) groups excluding carboxylic acids is 1. The van der Waals surface area contributed by atoms with Crippen molar-refractivity contribution in [1.29, 1.82) is 0 Å². The van der Waals surface area contributed by atoms with E-state index in [0.29, 0.717) is 19.8 Å².